The molecule has 15 heavy (non-hydrogen) atoms. The van der Waals surface area contributed by atoms with Gasteiger partial charge in [0.15, 0.2) is 0 Å². The van der Waals surface area contributed by atoms with Gasteiger partial charge in [0.1, 0.15) is 0 Å². The first-order chi connectivity index (χ1) is 7.33. The molecule has 0 spiro atoms. The van der Waals surface area contributed by atoms with Crippen molar-refractivity contribution < 1.29 is 9.53 Å². The highest BCUT2D eigenvalue weighted by Crippen LogP contribution is 2.11. The number of nitrogens with one attached hydrogen (secondary N) is 2. The van der Waals surface area contributed by atoms with Crippen LogP contribution in [0.5, 0.6) is 0 Å². The van der Waals surface area contributed by atoms with Crippen LogP contribution in [0.25, 0.3) is 0 Å². The van der Waals surface area contributed by atoms with Gasteiger partial charge in [0.05, 0.1) is 6.61 Å². The third-order valence-electron chi connectivity index (χ3n) is 2.62. The number of hydrogen-bond acceptors (Lipinski definition) is 2. The fraction of sp³-hybridized carbons (Fsp3) is 0.909. The van der Waals surface area contributed by atoms with Gasteiger partial charge in [0.2, 0.25) is 0 Å². The molecule has 1 aliphatic rings. The summed E-state index contributed by atoms with van der Waals surface area (Å²) in [6.07, 6.45) is 4.43. The van der Waals surface area contributed by atoms with Gasteiger partial charge in [-0.05, 0) is 25.2 Å². The maximum absolute atomic E-state index is 11.3. The molecule has 1 saturated heterocycles. The Hall–Kier alpha value is -0.770. The van der Waals surface area contributed by atoms with Gasteiger partial charge in [0.25, 0.3) is 0 Å². The van der Waals surface area contributed by atoms with Crippen molar-refractivity contribution in [2.75, 3.05) is 26.3 Å². The largest absolute Gasteiger partial charge is 0.381 e. The second-order valence-corrected chi connectivity index (χ2v) is 4.07. The third-order valence-corrected chi connectivity index (χ3v) is 2.62. The van der Waals surface area contributed by atoms with Crippen molar-refractivity contribution in [3.8, 4) is 0 Å². The Morgan fingerprint density at radius 2 is 2.33 bits per heavy atom. The van der Waals surface area contributed by atoms with E-state index in [-0.39, 0.29) is 6.03 Å². The number of rotatable bonds is 5. The SMILES string of the molecule is CCCCNC(=O)NCC1CCCOC1. The van der Waals surface area contributed by atoms with E-state index in [2.05, 4.69) is 17.6 Å². The molecule has 0 aromatic carbocycles. The van der Waals surface area contributed by atoms with Gasteiger partial charge in [0, 0.05) is 19.7 Å². The number of urea groups is 1. The zero-order valence-electron chi connectivity index (χ0n) is 9.55. The fourth-order valence-corrected chi connectivity index (χ4v) is 1.65. The average molecular weight is 214 g/mol. The molecule has 2 amide bonds. The first-order valence-electron chi connectivity index (χ1n) is 5.92. The molecule has 0 aliphatic carbocycles. The molecule has 1 fully saturated rings. The Kier molecular flexibility index (Phi) is 6.16. The van der Waals surface area contributed by atoms with Crippen LogP contribution in [0.15, 0.2) is 0 Å². The van der Waals surface area contributed by atoms with E-state index in [4.69, 9.17) is 4.74 Å². The summed E-state index contributed by atoms with van der Waals surface area (Å²) < 4.78 is 5.34. The van der Waals surface area contributed by atoms with E-state index in [1.807, 2.05) is 0 Å². The van der Waals surface area contributed by atoms with Crippen molar-refractivity contribution in [3.63, 3.8) is 0 Å². The van der Waals surface area contributed by atoms with E-state index < -0.39 is 0 Å². The Morgan fingerprint density at radius 1 is 1.47 bits per heavy atom. The number of amides is 2. The average Bonchev–Trinajstić information content (AvgIpc) is 2.28. The summed E-state index contributed by atoms with van der Waals surface area (Å²) in [5, 5.41) is 5.71. The topological polar surface area (TPSA) is 50.4 Å². The van der Waals surface area contributed by atoms with Gasteiger partial charge in [-0.3, -0.25) is 0 Å². The van der Waals surface area contributed by atoms with E-state index in [1.165, 1.54) is 0 Å². The minimum absolute atomic E-state index is 0.0472. The summed E-state index contributed by atoms with van der Waals surface area (Å²) >= 11 is 0. The standard InChI is InChI=1S/C11H22N2O2/c1-2-3-6-12-11(14)13-8-10-5-4-7-15-9-10/h10H,2-9H2,1H3,(H2,12,13,14). The number of unbranched alkanes of at least 4 members (excludes halogenated alkanes) is 1. The second-order valence-electron chi connectivity index (χ2n) is 4.07. The third kappa shape index (κ3) is 5.62. The zero-order chi connectivity index (χ0) is 10.9. The normalized spacial score (nSPS) is 21.0. The Balaban J connectivity index is 2.00. The van der Waals surface area contributed by atoms with Crippen molar-refractivity contribution in [2.24, 2.45) is 5.92 Å². The molecule has 4 nitrogen and oxygen atoms in total. The maximum Gasteiger partial charge on any atom is 0.314 e. The van der Waals surface area contributed by atoms with Crippen LogP contribution in [0.3, 0.4) is 0 Å². The molecule has 1 aliphatic heterocycles. The van der Waals surface area contributed by atoms with Crippen LogP contribution < -0.4 is 10.6 Å². The summed E-state index contributed by atoms with van der Waals surface area (Å²) in [5.74, 6) is 0.496. The molecular weight excluding hydrogens is 192 g/mol. The zero-order valence-corrected chi connectivity index (χ0v) is 9.55. The summed E-state index contributed by atoms with van der Waals surface area (Å²) in [6, 6.07) is -0.0472. The summed E-state index contributed by atoms with van der Waals surface area (Å²) in [6.45, 7) is 5.27. The predicted molar refractivity (Wildman–Crippen MR) is 59.9 cm³/mol. The van der Waals surface area contributed by atoms with Crippen LogP contribution in [0.4, 0.5) is 4.79 Å². The van der Waals surface area contributed by atoms with Crippen LogP contribution in [-0.4, -0.2) is 32.3 Å². The van der Waals surface area contributed by atoms with Gasteiger partial charge in [-0.15, -0.1) is 0 Å². The first-order valence-corrected chi connectivity index (χ1v) is 5.92. The quantitative estimate of drug-likeness (QED) is 0.682. The van der Waals surface area contributed by atoms with Crippen LogP contribution in [0, 0.1) is 5.92 Å². The summed E-state index contributed by atoms with van der Waals surface area (Å²) in [5.41, 5.74) is 0. The number of carbonyl (C=O) groups excluding carboxylic acids is 1. The molecule has 0 aromatic rings. The molecule has 1 atom stereocenters. The number of ether oxygens (including phenoxy) is 1. The van der Waals surface area contributed by atoms with Crippen molar-refractivity contribution in [1.29, 1.82) is 0 Å². The molecular formula is C11H22N2O2. The molecule has 88 valence electrons. The fourth-order valence-electron chi connectivity index (χ4n) is 1.65. The van der Waals surface area contributed by atoms with E-state index in [0.29, 0.717) is 5.92 Å². The van der Waals surface area contributed by atoms with E-state index in [1.54, 1.807) is 0 Å². The summed E-state index contributed by atoms with van der Waals surface area (Å²) in [7, 11) is 0. The monoisotopic (exact) mass is 214 g/mol. The Bertz CT molecular complexity index is 179. The second kappa shape index (κ2) is 7.51. The van der Waals surface area contributed by atoms with Gasteiger partial charge >= 0.3 is 6.03 Å². The highest BCUT2D eigenvalue weighted by atomic mass is 16.5. The lowest BCUT2D eigenvalue weighted by Crippen LogP contribution is -2.40. The lowest BCUT2D eigenvalue weighted by atomic mass is 10.0. The highest BCUT2D eigenvalue weighted by Gasteiger charge is 2.14. The van der Waals surface area contributed by atoms with Crippen LogP contribution in [0.1, 0.15) is 32.6 Å². The minimum atomic E-state index is -0.0472. The van der Waals surface area contributed by atoms with E-state index in [9.17, 15) is 4.79 Å². The van der Waals surface area contributed by atoms with Gasteiger partial charge in [-0.2, -0.15) is 0 Å². The van der Waals surface area contributed by atoms with Crippen LogP contribution in [0.2, 0.25) is 0 Å². The highest BCUT2D eigenvalue weighted by molar-refractivity contribution is 5.73. The molecule has 0 saturated carbocycles. The lowest BCUT2D eigenvalue weighted by Gasteiger charge is -2.22. The van der Waals surface area contributed by atoms with Crippen LogP contribution >= 0.6 is 0 Å². The summed E-state index contributed by atoms with van der Waals surface area (Å²) in [4.78, 5) is 11.3. The molecule has 2 N–H and O–H groups in total. The Morgan fingerprint density at radius 3 is 3.00 bits per heavy atom. The first kappa shape index (κ1) is 12.3. The minimum Gasteiger partial charge on any atom is -0.381 e. The van der Waals surface area contributed by atoms with Gasteiger partial charge in [-0.25, -0.2) is 4.79 Å². The van der Waals surface area contributed by atoms with Crippen molar-refractivity contribution in [2.45, 2.75) is 32.6 Å². The molecule has 0 bridgehead atoms. The molecule has 4 heteroatoms. The molecule has 1 heterocycles. The van der Waals surface area contributed by atoms with Crippen molar-refractivity contribution in [3.05, 3.63) is 0 Å². The number of carbonyl (C=O) groups is 1. The molecule has 1 unspecified atom stereocenters. The van der Waals surface area contributed by atoms with E-state index >= 15 is 0 Å². The van der Waals surface area contributed by atoms with Crippen molar-refractivity contribution >= 4 is 6.03 Å². The molecule has 0 aromatic heterocycles. The Labute approximate surface area is 91.8 Å². The predicted octanol–water partition coefficient (Wildman–Crippen LogP) is 1.51. The van der Waals surface area contributed by atoms with Gasteiger partial charge < -0.3 is 15.4 Å². The lowest BCUT2D eigenvalue weighted by molar-refractivity contribution is 0.0557. The van der Waals surface area contributed by atoms with Crippen LogP contribution in [-0.2, 0) is 4.74 Å². The van der Waals surface area contributed by atoms with E-state index in [0.717, 1.165) is 52.0 Å². The smallest absolute Gasteiger partial charge is 0.314 e. The maximum atomic E-state index is 11.3. The van der Waals surface area contributed by atoms with Crippen molar-refractivity contribution in [1.82, 2.24) is 10.6 Å². The molecule has 1 rings (SSSR count). The van der Waals surface area contributed by atoms with Gasteiger partial charge in [-0.1, -0.05) is 13.3 Å². The number of hydrogen-bond donors (Lipinski definition) is 2. The molecule has 0 radical (unpaired) electrons.